The van der Waals surface area contributed by atoms with Crippen LogP contribution in [0.5, 0.6) is 0 Å². The highest BCUT2D eigenvalue weighted by Gasteiger charge is 2.60. The number of hydrogen-bond donors (Lipinski definition) is 4. The normalized spacial score (nSPS) is 19.5. The standard InChI is InChI=1S/C14H19N5O8S2/c1-13(2)8(10(21)19(13)29(24,25)26)17-9(20)7(6-5-28-12(15)16-6)18-27-14(3,4)11(22)23/h5,8H,1-4H3,(H2,15,16)(H,17,20)(H,22,23)(H,24,25,26)/b18-7-/t8-/m1/s1. The molecule has 13 nitrogen and oxygen atoms in total. The molecule has 1 fully saturated rings. The zero-order valence-corrected chi connectivity index (χ0v) is 17.4. The van der Waals surface area contributed by atoms with Crippen LogP contribution in [0, 0.1) is 0 Å². The number of nitrogens with one attached hydrogen (secondary N) is 1. The third-order valence-electron chi connectivity index (χ3n) is 4.04. The average molecular weight is 449 g/mol. The Balaban J connectivity index is 2.32. The number of oxime groups is 1. The van der Waals surface area contributed by atoms with E-state index >= 15 is 0 Å². The van der Waals surface area contributed by atoms with Crippen LogP contribution in [0.15, 0.2) is 10.5 Å². The zero-order chi connectivity index (χ0) is 22.4. The van der Waals surface area contributed by atoms with Crippen molar-refractivity contribution in [1.29, 1.82) is 0 Å². The predicted molar refractivity (Wildman–Crippen MR) is 100 cm³/mol. The largest absolute Gasteiger partial charge is 0.478 e. The molecule has 15 heteroatoms. The first-order valence-electron chi connectivity index (χ1n) is 7.92. The number of hydrogen-bond acceptors (Lipinski definition) is 10. The molecule has 2 rings (SSSR count). The van der Waals surface area contributed by atoms with Crippen molar-refractivity contribution in [2.45, 2.75) is 44.9 Å². The van der Waals surface area contributed by atoms with Crippen LogP contribution in [0.4, 0.5) is 5.13 Å². The van der Waals surface area contributed by atoms with Crippen LogP contribution in [0.1, 0.15) is 33.4 Å². The second-order valence-corrected chi connectivity index (χ2v) is 9.21. The predicted octanol–water partition coefficient (Wildman–Crippen LogP) is -0.782. The van der Waals surface area contributed by atoms with Crippen molar-refractivity contribution in [3.8, 4) is 0 Å². The molecule has 5 N–H and O–H groups in total. The van der Waals surface area contributed by atoms with E-state index in [4.69, 9.17) is 20.2 Å². The second-order valence-electron chi connectivity index (χ2n) is 7.06. The first-order chi connectivity index (χ1) is 13.1. The van der Waals surface area contributed by atoms with E-state index in [0.717, 1.165) is 11.3 Å². The molecule has 160 valence electrons. The molecule has 1 aromatic rings. The van der Waals surface area contributed by atoms with Crippen molar-refractivity contribution >= 4 is 50.3 Å². The third-order valence-corrected chi connectivity index (χ3v) is 5.83. The van der Waals surface area contributed by atoms with Gasteiger partial charge in [0.15, 0.2) is 10.8 Å². The fourth-order valence-corrected chi connectivity index (χ4v) is 3.98. The highest BCUT2D eigenvalue weighted by Crippen LogP contribution is 2.34. The number of amides is 2. The fourth-order valence-electron chi connectivity index (χ4n) is 2.40. The van der Waals surface area contributed by atoms with E-state index in [-0.39, 0.29) is 15.1 Å². The number of carbonyl (C=O) groups is 3. The van der Waals surface area contributed by atoms with Crippen molar-refractivity contribution in [2.75, 3.05) is 5.73 Å². The second kappa shape index (κ2) is 7.23. The summed E-state index contributed by atoms with van der Waals surface area (Å²) in [6.07, 6.45) is 0. The molecule has 1 aliphatic rings. The van der Waals surface area contributed by atoms with E-state index in [1.165, 1.54) is 33.1 Å². The molecule has 1 saturated heterocycles. The van der Waals surface area contributed by atoms with Gasteiger partial charge in [0.2, 0.25) is 5.60 Å². The lowest BCUT2D eigenvalue weighted by Crippen LogP contribution is -2.77. The number of carboxylic acid groups (broad SMARTS) is 1. The highest BCUT2D eigenvalue weighted by atomic mass is 32.2. The van der Waals surface area contributed by atoms with Gasteiger partial charge < -0.3 is 21.0 Å². The van der Waals surface area contributed by atoms with Gasteiger partial charge in [0.1, 0.15) is 11.7 Å². The summed E-state index contributed by atoms with van der Waals surface area (Å²) < 4.78 is 32.0. The minimum Gasteiger partial charge on any atom is -0.478 e. The number of thiazole rings is 1. The van der Waals surface area contributed by atoms with Gasteiger partial charge in [-0.2, -0.15) is 8.42 Å². The molecule has 1 aliphatic heterocycles. The van der Waals surface area contributed by atoms with E-state index in [2.05, 4.69) is 15.5 Å². The summed E-state index contributed by atoms with van der Waals surface area (Å²) in [5, 5.41) is 16.4. The van der Waals surface area contributed by atoms with Gasteiger partial charge in [0, 0.05) is 5.38 Å². The SMILES string of the molecule is CC(C)(O/N=C(\C(=O)N[C@@H]1C(=O)N(S(=O)(=O)O)C1(C)C)c1csc(N)n1)C(=O)O. The Morgan fingerprint density at radius 1 is 1.45 bits per heavy atom. The van der Waals surface area contributed by atoms with Crippen LogP contribution in [-0.4, -0.2) is 68.0 Å². The van der Waals surface area contributed by atoms with Gasteiger partial charge in [-0.25, -0.2) is 14.1 Å². The number of aliphatic carboxylic acids is 1. The van der Waals surface area contributed by atoms with Crippen molar-refractivity contribution in [1.82, 2.24) is 14.6 Å². The minimum absolute atomic E-state index is 0.0394. The molecule has 0 spiro atoms. The summed E-state index contributed by atoms with van der Waals surface area (Å²) in [4.78, 5) is 44.8. The summed E-state index contributed by atoms with van der Waals surface area (Å²) in [5.41, 5.74) is 1.79. The molecule has 0 aliphatic carbocycles. The topological polar surface area (TPSA) is 202 Å². The number of β-lactam (4-membered cyclic amide) rings is 1. The number of carbonyl (C=O) groups excluding carboxylic acids is 2. The molecule has 2 amide bonds. The summed E-state index contributed by atoms with van der Waals surface area (Å²) in [6.45, 7) is 5.03. The highest BCUT2D eigenvalue weighted by molar-refractivity contribution is 7.84. The lowest BCUT2D eigenvalue weighted by Gasteiger charge is -2.50. The van der Waals surface area contributed by atoms with Crippen molar-refractivity contribution in [3.05, 3.63) is 11.1 Å². The summed E-state index contributed by atoms with van der Waals surface area (Å²) in [6, 6.07) is -1.31. The van der Waals surface area contributed by atoms with Crippen LogP contribution < -0.4 is 11.1 Å². The Morgan fingerprint density at radius 2 is 2.03 bits per heavy atom. The maximum Gasteiger partial charge on any atom is 0.362 e. The van der Waals surface area contributed by atoms with Crippen LogP contribution >= 0.6 is 11.3 Å². The van der Waals surface area contributed by atoms with Gasteiger partial charge in [-0.05, 0) is 27.7 Å². The number of nitrogens with zero attached hydrogens (tertiary/aromatic N) is 3. The lowest BCUT2D eigenvalue weighted by atomic mass is 9.85. The number of carboxylic acids is 1. The molecule has 29 heavy (non-hydrogen) atoms. The maximum absolute atomic E-state index is 12.7. The van der Waals surface area contributed by atoms with Gasteiger partial charge >= 0.3 is 16.3 Å². The van der Waals surface area contributed by atoms with Crippen molar-refractivity contribution in [2.24, 2.45) is 5.16 Å². The first-order valence-corrected chi connectivity index (χ1v) is 10.2. The van der Waals surface area contributed by atoms with Gasteiger partial charge in [-0.3, -0.25) is 14.1 Å². The van der Waals surface area contributed by atoms with E-state index < -0.39 is 51.0 Å². The molecule has 0 radical (unpaired) electrons. The monoisotopic (exact) mass is 449 g/mol. The number of aromatic nitrogens is 1. The third kappa shape index (κ3) is 4.30. The van der Waals surface area contributed by atoms with Crippen LogP contribution in [0.25, 0.3) is 0 Å². The molecule has 1 atom stereocenters. The van der Waals surface area contributed by atoms with Gasteiger partial charge in [-0.15, -0.1) is 11.3 Å². The average Bonchev–Trinajstić information content (AvgIpc) is 2.97. The van der Waals surface area contributed by atoms with Crippen LogP contribution in [0.2, 0.25) is 0 Å². The van der Waals surface area contributed by atoms with E-state index in [1.54, 1.807) is 0 Å². The quantitative estimate of drug-likeness (QED) is 0.177. The molecular formula is C14H19N5O8S2. The lowest BCUT2D eigenvalue weighted by molar-refractivity contribution is -0.161. The molecule has 0 bridgehead atoms. The van der Waals surface area contributed by atoms with Crippen LogP contribution in [-0.2, 0) is 29.5 Å². The summed E-state index contributed by atoms with van der Waals surface area (Å²) in [5.74, 6) is -3.40. The van der Waals surface area contributed by atoms with E-state index in [0.29, 0.717) is 0 Å². The van der Waals surface area contributed by atoms with Crippen LogP contribution in [0.3, 0.4) is 0 Å². The number of anilines is 1. The van der Waals surface area contributed by atoms with Gasteiger partial charge in [0.25, 0.3) is 11.8 Å². The summed E-state index contributed by atoms with van der Waals surface area (Å²) in [7, 11) is -4.81. The summed E-state index contributed by atoms with van der Waals surface area (Å²) >= 11 is 0.979. The number of nitrogen functional groups attached to an aromatic ring is 1. The smallest absolute Gasteiger partial charge is 0.362 e. The molecular weight excluding hydrogens is 430 g/mol. The fraction of sp³-hybridized carbons (Fsp3) is 0.500. The molecule has 0 unspecified atom stereocenters. The van der Waals surface area contributed by atoms with Gasteiger partial charge in [-0.1, -0.05) is 5.16 Å². The molecule has 0 aromatic carbocycles. The number of nitrogens with two attached hydrogens (primary N) is 1. The maximum atomic E-state index is 12.7. The Kier molecular flexibility index (Phi) is 5.62. The van der Waals surface area contributed by atoms with Crippen molar-refractivity contribution < 1.29 is 37.3 Å². The minimum atomic E-state index is -4.81. The molecule has 1 aromatic heterocycles. The Morgan fingerprint density at radius 3 is 2.45 bits per heavy atom. The first kappa shape index (κ1) is 22.5. The Hall–Kier alpha value is -2.78. The Labute approximate surface area is 169 Å². The van der Waals surface area contributed by atoms with Crippen molar-refractivity contribution in [3.63, 3.8) is 0 Å². The zero-order valence-electron chi connectivity index (χ0n) is 15.7. The van der Waals surface area contributed by atoms with E-state index in [1.807, 2.05) is 0 Å². The van der Waals surface area contributed by atoms with E-state index in [9.17, 15) is 22.8 Å². The molecule has 0 saturated carbocycles. The Bertz CT molecular complexity index is 997. The molecule has 2 heterocycles. The number of rotatable bonds is 7. The van der Waals surface area contributed by atoms with Gasteiger partial charge in [0.05, 0.1) is 5.54 Å².